The van der Waals surface area contributed by atoms with E-state index >= 15 is 0 Å². The maximum atomic E-state index is 9.88. The molecule has 1 rings (SSSR count). The zero-order valence-electron chi connectivity index (χ0n) is 9.65. The molecule has 0 radical (unpaired) electrons. The molecule has 0 aliphatic rings. The lowest BCUT2D eigenvalue weighted by atomic mass is 9.97. The van der Waals surface area contributed by atoms with E-state index in [1.54, 1.807) is 0 Å². The van der Waals surface area contributed by atoms with Crippen LogP contribution in [0.3, 0.4) is 0 Å². The number of aliphatic hydroxyl groups excluding tert-OH is 1. The van der Waals surface area contributed by atoms with E-state index in [2.05, 4.69) is 29.1 Å². The van der Waals surface area contributed by atoms with E-state index in [0.29, 0.717) is 23.4 Å². The normalized spacial score (nSPS) is 12.8. The second-order valence-corrected chi connectivity index (χ2v) is 4.19. The van der Waals surface area contributed by atoms with Gasteiger partial charge in [-0.25, -0.2) is 9.97 Å². The standard InChI is InChI=1S/C11H18ClN3O/c1-3-8(4-2)10(16)7-15-11-13-5-9(12)6-14-11/h5-6,8,10,16H,3-4,7H2,1-2H3,(H,13,14,15). The molecule has 5 heteroatoms. The van der Waals surface area contributed by atoms with E-state index in [-0.39, 0.29) is 6.10 Å². The highest BCUT2D eigenvalue weighted by atomic mass is 35.5. The van der Waals surface area contributed by atoms with Gasteiger partial charge >= 0.3 is 0 Å². The van der Waals surface area contributed by atoms with Gasteiger partial charge in [0.2, 0.25) is 5.95 Å². The average Bonchev–Trinajstić information content (AvgIpc) is 2.30. The molecule has 0 aliphatic heterocycles. The van der Waals surface area contributed by atoms with Crippen molar-refractivity contribution < 1.29 is 5.11 Å². The van der Waals surface area contributed by atoms with Crippen LogP contribution in [-0.4, -0.2) is 27.7 Å². The van der Waals surface area contributed by atoms with Crippen molar-refractivity contribution in [2.24, 2.45) is 5.92 Å². The summed E-state index contributed by atoms with van der Waals surface area (Å²) in [6, 6.07) is 0. The molecule has 0 saturated carbocycles. The Balaban J connectivity index is 2.42. The van der Waals surface area contributed by atoms with Gasteiger partial charge in [0.05, 0.1) is 23.5 Å². The Kier molecular flexibility index (Phi) is 5.49. The maximum Gasteiger partial charge on any atom is 0.222 e. The van der Waals surface area contributed by atoms with Crippen molar-refractivity contribution in [3.63, 3.8) is 0 Å². The minimum Gasteiger partial charge on any atom is -0.391 e. The lowest BCUT2D eigenvalue weighted by molar-refractivity contribution is 0.114. The Morgan fingerprint density at radius 2 is 1.88 bits per heavy atom. The number of aliphatic hydroxyl groups is 1. The Morgan fingerprint density at radius 3 is 2.38 bits per heavy atom. The number of nitrogens with one attached hydrogen (secondary N) is 1. The molecule has 0 aromatic carbocycles. The fourth-order valence-electron chi connectivity index (χ4n) is 1.60. The number of hydrogen-bond acceptors (Lipinski definition) is 4. The molecule has 0 bridgehead atoms. The minimum absolute atomic E-state index is 0.319. The fraction of sp³-hybridized carbons (Fsp3) is 0.636. The van der Waals surface area contributed by atoms with Crippen LogP contribution >= 0.6 is 11.6 Å². The highest BCUT2D eigenvalue weighted by Gasteiger charge is 2.15. The number of rotatable bonds is 6. The van der Waals surface area contributed by atoms with Crippen LogP contribution in [-0.2, 0) is 0 Å². The molecule has 90 valence electrons. The number of anilines is 1. The van der Waals surface area contributed by atoms with Crippen molar-refractivity contribution in [2.45, 2.75) is 32.8 Å². The molecule has 0 spiro atoms. The molecule has 0 fully saturated rings. The Morgan fingerprint density at radius 1 is 1.31 bits per heavy atom. The van der Waals surface area contributed by atoms with E-state index < -0.39 is 0 Å². The van der Waals surface area contributed by atoms with E-state index in [1.165, 1.54) is 12.4 Å². The smallest absolute Gasteiger partial charge is 0.222 e. The SMILES string of the molecule is CCC(CC)C(O)CNc1ncc(Cl)cn1. The predicted octanol–water partition coefficient (Wildman–Crippen LogP) is 2.34. The highest BCUT2D eigenvalue weighted by Crippen LogP contribution is 2.13. The van der Waals surface area contributed by atoms with E-state index in [0.717, 1.165) is 12.8 Å². The lowest BCUT2D eigenvalue weighted by Gasteiger charge is -2.20. The fourth-order valence-corrected chi connectivity index (χ4v) is 1.70. The number of nitrogens with zero attached hydrogens (tertiary/aromatic N) is 2. The summed E-state index contributed by atoms with van der Waals surface area (Å²) in [5.41, 5.74) is 0. The predicted molar refractivity (Wildman–Crippen MR) is 65.6 cm³/mol. The number of aromatic nitrogens is 2. The third-order valence-corrected chi connectivity index (χ3v) is 2.88. The summed E-state index contributed by atoms with van der Waals surface area (Å²) in [4.78, 5) is 7.99. The van der Waals surface area contributed by atoms with Gasteiger partial charge in [0, 0.05) is 6.54 Å². The lowest BCUT2D eigenvalue weighted by Crippen LogP contribution is -2.28. The van der Waals surface area contributed by atoms with Crippen LogP contribution in [0.15, 0.2) is 12.4 Å². The second kappa shape index (κ2) is 6.66. The zero-order chi connectivity index (χ0) is 12.0. The third kappa shape index (κ3) is 3.94. The first-order valence-corrected chi connectivity index (χ1v) is 5.94. The van der Waals surface area contributed by atoms with Crippen LogP contribution in [0, 0.1) is 5.92 Å². The molecule has 16 heavy (non-hydrogen) atoms. The van der Waals surface area contributed by atoms with Crippen molar-refractivity contribution in [3.8, 4) is 0 Å². The van der Waals surface area contributed by atoms with E-state index in [4.69, 9.17) is 11.6 Å². The van der Waals surface area contributed by atoms with Crippen LogP contribution in [0.25, 0.3) is 0 Å². The number of hydrogen-bond donors (Lipinski definition) is 2. The van der Waals surface area contributed by atoms with Crippen LogP contribution < -0.4 is 5.32 Å². The van der Waals surface area contributed by atoms with Gasteiger partial charge in [0.25, 0.3) is 0 Å². The monoisotopic (exact) mass is 243 g/mol. The van der Waals surface area contributed by atoms with Crippen LogP contribution in [0.5, 0.6) is 0 Å². The van der Waals surface area contributed by atoms with Gasteiger partial charge < -0.3 is 10.4 Å². The molecule has 1 unspecified atom stereocenters. The molecule has 0 saturated heterocycles. The van der Waals surface area contributed by atoms with Gasteiger partial charge in [0.15, 0.2) is 0 Å². The minimum atomic E-state index is -0.366. The summed E-state index contributed by atoms with van der Waals surface area (Å²) in [5.74, 6) is 0.814. The summed E-state index contributed by atoms with van der Waals surface area (Å²) in [6.45, 7) is 4.63. The topological polar surface area (TPSA) is 58.0 Å². The summed E-state index contributed by atoms with van der Waals surface area (Å²) in [6.07, 6.45) is 4.64. The Hall–Kier alpha value is -0.870. The van der Waals surface area contributed by atoms with E-state index in [1.807, 2.05) is 0 Å². The second-order valence-electron chi connectivity index (χ2n) is 3.75. The first-order chi connectivity index (χ1) is 7.67. The molecule has 1 heterocycles. The molecule has 0 amide bonds. The molecule has 1 atom stereocenters. The van der Waals surface area contributed by atoms with Crippen molar-refractivity contribution in [3.05, 3.63) is 17.4 Å². The highest BCUT2D eigenvalue weighted by molar-refractivity contribution is 6.30. The quantitative estimate of drug-likeness (QED) is 0.805. The average molecular weight is 244 g/mol. The van der Waals surface area contributed by atoms with Gasteiger partial charge in [0.1, 0.15) is 0 Å². The summed E-state index contributed by atoms with van der Waals surface area (Å²) in [5, 5.41) is 13.4. The summed E-state index contributed by atoms with van der Waals surface area (Å²) >= 11 is 5.67. The maximum absolute atomic E-state index is 9.88. The number of halogens is 1. The molecule has 4 nitrogen and oxygen atoms in total. The Bertz CT molecular complexity index is 301. The molecule has 1 aromatic heterocycles. The van der Waals surface area contributed by atoms with Crippen LogP contribution in [0.4, 0.5) is 5.95 Å². The largest absolute Gasteiger partial charge is 0.391 e. The molecule has 0 aliphatic carbocycles. The van der Waals surface area contributed by atoms with Crippen molar-refractivity contribution in [1.82, 2.24) is 9.97 Å². The summed E-state index contributed by atoms with van der Waals surface area (Å²) in [7, 11) is 0. The van der Waals surface area contributed by atoms with Gasteiger partial charge in [-0.3, -0.25) is 0 Å². The molecule has 1 aromatic rings. The molecular weight excluding hydrogens is 226 g/mol. The van der Waals surface area contributed by atoms with Crippen LogP contribution in [0.1, 0.15) is 26.7 Å². The molecule has 2 N–H and O–H groups in total. The molecular formula is C11H18ClN3O. The third-order valence-electron chi connectivity index (χ3n) is 2.68. The Labute approximate surface area is 101 Å². The van der Waals surface area contributed by atoms with Crippen molar-refractivity contribution >= 4 is 17.5 Å². The summed E-state index contributed by atoms with van der Waals surface area (Å²) < 4.78 is 0. The van der Waals surface area contributed by atoms with Crippen molar-refractivity contribution in [2.75, 3.05) is 11.9 Å². The zero-order valence-corrected chi connectivity index (χ0v) is 10.4. The van der Waals surface area contributed by atoms with E-state index in [9.17, 15) is 5.11 Å². The van der Waals surface area contributed by atoms with Crippen LogP contribution in [0.2, 0.25) is 5.02 Å². The van der Waals surface area contributed by atoms with Gasteiger partial charge in [-0.1, -0.05) is 38.3 Å². The van der Waals surface area contributed by atoms with Gasteiger partial charge in [-0.15, -0.1) is 0 Å². The first-order valence-electron chi connectivity index (χ1n) is 5.56. The van der Waals surface area contributed by atoms with Crippen molar-refractivity contribution in [1.29, 1.82) is 0 Å². The first kappa shape index (κ1) is 13.2. The van der Waals surface area contributed by atoms with Gasteiger partial charge in [-0.2, -0.15) is 0 Å². The van der Waals surface area contributed by atoms with Gasteiger partial charge in [-0.05, 0) is 5.92 Å².